The predicted octanol–water partition coefficient (Wildman–Crippen LogP) is 4.42. The molecule has 43 heavy (non-hydrogen) atoms. The maximum absolute atomic E-state index is 14.0. The molecular formula is C31H38N6O6. The summed E-state index contributed by atoms with van der Waals surface area (Å²) in [4.78, 5) is 30.7. The molecular weight excluding hydrogens is 552 g/mol. The molecule has 5 rings (SSSR count). The molecule has 3 heterocycles. The van der Waals surface area contributed by atoms with Crippen LogP contribution in [0.5, 0.6) is 11.5 Å². The van der Waals surface area contributed by atoms with Crippen molar-refractivity contribution in [3.63, 3.8) is 0 Å². The molecule has 0 aliphatic heterocycles. The van der Waals surface area contributed by atoms with Crippen LogP contribution in [0.15, 0.2) is 51.3 Å². The molecule has 2 amide bonds. The van der Waals surface area contributed by atoms with Gasteiger partial charge in [-0.25, -0.2) is 0 Å². The summed E-state index contributed by atoms with van der Waals surface area (Å²) in [6, 6.07) is 11.8. The standard InChI is InChI=1S/C31H38N6O6/c1-20-10-13-25(42-20)29(31(39)32-23-8-6-5-7-9-23)36(17-16-22-12-15-24(40-3)27(18-22)41-4)28(38)19-37-34-30(33-35-37)26-14-11-21(2)43-26/h10-15,18,23,29H,5-9,16-17,19H2,1-4H3,(H,32,39)/t29-/m1/s1. The van der Waals surface area contributed by atoms with Crippen molar-refractivity contribution in [2.24, 2.45) is 0 Å². The molecule has 12 nitrogen and oxygen atoms in total. The molecule has 1 aromatic carbocycles. The molecule has 0 bridgehead atoms. The van der Waals surface area contributed by atoms with E-state index < -0.39 is 6.04 Å². The van der Waals surface area contributed by atoms with Crippen LogP contribution in [0.2, 0.25) is 0 Å². The maximum atomic E-state index is 14.0. The summed E-state index contributed by atoms with van der Waals surface area (Å²) in [6.07, 6.45) is 5.55. The molecule has 0 spiro atoms. The molecule has 1 aliphatic rings. The quantitative estimate of drug-likeness (QED) is 0.254. The van der Waals surface area contributed by atoms with E-state index in [1.807, 2.05) is 32.0 Å². The van der Waals surface area contributed by atoms with E-state index in [0.717, 1.165) is 37.7 Å². The van der Waals surface area contributed by atoms with Crippen molar-refractivity contribution in [2.45, 2.75) is 71.0 Å². The molecule has 1 fully saturated rings. The first kappa shape index (κ1) is 29.9. The summed E-state index contributed by atoms with van der Waals surface area (Å²) in [6.45, 7) is 3.62. The number of aryl methyl sites for hydroxylation is 2. The van der Waals surface area contributed by atoms with Gasteiger partial charge in [0.25, 0.3) is 5.91 Å². The fraction of sp³-hybridized carbons (Fsp3) is 0.452. The zero-order valence-electron chi connectivity index (χ0n) is 25.0. The van der Waals surface area contributed by atoms with Crippen LogP contribution in [0.25, 0.3) is 11.6 Å². The zero-order valence-corrected chi connectivity index (χ0v) is 25.0. The number of aromatic nitrogens is 4. The van der Waals surface area contributed by atoms with Crippen LogP contribution >= 0.6 is 0 Å². The number of nitrogens with zero attached hydrogens (tertiary/aromatic N) is 5. The molecule has 0 saturated heterocycles. The number of amides is 2. The minimum absolute atomic E-state index is 0.0545. The van der Waals surface area contributed by atoms with Gasteiger partial charge in [0.2, 0.25) is 11.7 Å². The van der Waals surface area contributed by atoms with Gasteiger partial charge in [-0.1, -0.05) is 25.3 Å². The van der Waals surface area contributed by atoms with Gasteiger partial charge >= 0.3 is 0 Å². The Labute approximate surface area is 250 Å². The molecule has 1 aliphatic carbocycles. The van der Waals surface area contributed by atoms with E-state index in [-0.39, 0.29) is 36.8 Å². The lowest BCUT2D eigenvalue weighted by atomic mass is 9.95. The van der Waals surface area contributed by atoms with Gasteiger partial charge in [0.1, 0.15) is 23.8 Å². The number of nitrogens with one attached hydrogen (secondary N) is 1. The first-order valence-electron chi connectivity index (χ1n) is 14.6. The minimum atomic E-state index is -0.987. The van der Waals surface area contributed by atoms with Gasteiger partial charge in [-0.05, 0) is 80.3 Å². The Morgan fingerprint density at radius 1 is 1.00 bits per heavy atom. The summed E-state index contributed by atoms with van der Waals surface area (Å²) in [5, 5.41) is 15.7. The normalized spacial score (nSPS) is 14.3. The Morgan fingerprint density at radius 3 is 2.42 bits per heavy atom. The third-order valence-electron chi connectivity index (χ3n) is 7.64. The number of carbonyl (C=O) groups is 2. The molecule has 1 saturated carbocycles. The highest BCUT2D eigenvalue weighted by molar-refractivity contribution is 5.88. The van der Waals surface area contributed by atoms with Gasteiger partial charge in [-0.2, -0.15) is 4.80 Å². The SMILES string of the molecule is COc1ccc(CCN(C(=O)Cn2nnc(-c3ccc(C)o3)n2)[C@@H](C(=O)NC2CCCCC2)c2ccc(C)o2)cc1OC. The molecule has 1 N–H and O–H groups in total. The number of hydrogen-bond donors (Lipinski definition) is 1. The summed E-state index contributed by atoms with van der Waals surface area (Å²) < 4.78 is 22.4. The highest BCUT2D eigenvalue weighted by atomic mass is 16.5. The third kappa shape index (κ3) is 7.25. The molecule has 3 aromatic heterocycles. The monoisotopic (exact) mass is 590 g/mol. The number of furan rings is 2. The van der Waals surface area contributed by atoms with Crippen LogP contribution in [-0.4, -0.2) is 63.7 Å². The van der Waals surface area contributed by atoms with Gasteiger partial charge in [0.05, 0.1) is 14.2 Å². The van der Waals surface area contributed by atoms with Crippen LogP contribution in [-0.2, 0) is 22.6 Å². The number of ether oxygens (including phenoxy) is 2. The molecule has 0 radical (unpaired) electrons. The van der Waals surface area contributed by atoms with Crippen LogP contribution in [0, 0.1) is 13.8 Å². The van der Waals surface area contributed by atoms with E-state index in [2.05, 4.69) is 20.7 Å². The van der Waals surface area contributed by atoms with Crippen molar-refractivity contribution in [2.75, 3.05) is 20.8 Å². The summed E-state index contributed by atoms with van der Waals surface area (Å²) in [5.41, 5.74) is 0.909. The molecule has 4 aromatic rings. The van der Waals surface area contributed by atoms with E-state index >= 15 is 0 Å². The van der Waals surface area contributed by atoms with E-state index in [4.69, 9.17) is 18.3 Å². The number of tetrazole rings is 1. The Hall–Kier alpha value is -4.61. The summed E-state index contributed by atoms with van der Waals surface area (Å²) in [5.74, 6) is 3.03. The predicted molar refractivity (Wildman–Crippen MR) is 156 cm³/mol. The van der Waals surface area contributed by atoms with Gasteiger partial charge in [-0.3, -0.25) is 9.59 Å². The number of methoxy groups -OCH3 is 2. The lowest BCUT2D eigenvalue weighted by Crippen LogP contribution is -2.48. The van der Waals surface area contributed by atoms with E-state index in [1.165, 1.54) is 9.70 Å². The summed E-state index contributed by atoms with van der Waals surface area (Å²) in [7, 11) is 3.15. The second-order valence-corrected chi connectivity index (χ2v) is 10.8. The molecule has 12 heteroatoms. The Kier molecular flexibility index (Phi) is 9.43. The number of benzene rings is 1. The van der Waals surface area contributed by atoms with Gasteiger partial charge in [0.15, 0.2) is 23.3 Å². The Balaban J connectivity index is 1.44. The fourth-order valence-corrected chi connectivity index (χ4v) is 5.41. The van der Waals surface area contributed by atoms with Crippen molar-refractivity contribution in [1.29, 1.82) is 0 Å². The average Bonchev–Trinajstić information content (AvgIpc) is 3.76. The van der Waals surface area contributed by atoms with Gasteiger partial charge in [0, 0.05) is 12.6 Å². The largest absolute Gasteiger partial charge is 0.493 e. The smallest absolute Gasteiger partial charge is 0.250 e. The van der Waals surface area contributed by atoms with E-state index in [1.54, 1.807) is 38.5 Å². The lowest BCUT2D eigenvalue weighted by molar-refractivity contribution is -0.142. The highest BCUT2D eigenvalue weighted by Gasteiger charge is 2.35. The highest BCUT2D eigenvalue weighted by Crippen LogP contribution is 2.30. The first-order valence-corrected chi connectivity index (χ1v) is 14.6. The third-order valence-corrected chi connectivity index (χ3v) is 7.64. The fourth-order valence-electron chi connectivity index (χ4n) is 5.41. The van der Waals surface area contributed by atoms with Crippen molar-refractivity contribution in [3.8, 4) is 23.1 Å². The first-order chi connectivity index (χ1) is 20.8. The van der Waals surface area contributed by atoms with Crippen LogP contribution < -0.4 is 14.8 Å². The number of hydrogen-bond acceptors (Lipinski definition) is 9. The topological polar surface area (TPSA) is 138 Å². The Bertz CT molecular complexity index is 1530. The van der Waals surface area contributed by atoms with Crippen LogP contribution in [0.3, 0.4) is 0 Å². The zero-order chi connectivity index (χ0) is 30.3. The van der Waals surface area contributed by atoms with Crippen molar-refractivity contribution in [3.05, 3.63) is 65.3 Å². The Morgan fingerprint density at radius 2 is 1.74 bits per heavy atom. The maximum Gasteiger partial charge on any atom is 0.250 e. The van der Waals surface area contributed by atoms with Crippen molar-refractivity contribution in [1.82, 2.24) is 30.4 Å². The number of rotatable bonds is 12. The van der Waals surface area contributed by atoms with Crippen LogP contribution in [0.4, 0.5) is 0 Å². The molecule has 1 atom stereocenters. The lowest BCUT2D eigenvalue weighted by Gasteiger charge is -2.32. The second-order valence-electron chi connectivity index (χ2n) is 10.8. The van der Waals surface area contributed by atoms with E-state index in [0.29, 0.717) is 41.0 Å². The van der Waals surface area contributed by atoms with E-state index in [9.17, 15) is 9.59 Å². The van der Waals surface area contributed by atoms with Crippen LogP contribution in [0.1, 0.15) is 61.0 Å². The van der Waals surface area contributed by atoms with Gasteiger partial charge in [-0.15, -0.1) is 10.2 Å². The molecule has 228 valence electrons. The van der Waals surface area contributed by atoms with Crippen molar-refractivity contribution < 1.29 is 27.9 Å². The number of carbonyl (C=O) groups excluding carboxylic acids is 2. The van der Waals surface area contributed by atoms with Crippen molar-refractivity contribution >= 4 is 11.8 Å². The average molecular weight is 591 g/mol. The molecule has 0 unspecified atom stereocenters. The second kappa shape index (κ2) is 13.6. The van der Waals surface area contributed by atoms with Gasteiger partial charge < -0.3 is 28.5 Å². The summed E-state index contributed by atoms with van der Waals surface area (Å²) >= 11 is 0. The minimum Gasteiger partial charge on any atom is -0.493 e.